The third kappa shape index (κ3) is 1.88. The highest BCUT2D eigenvalue weighted by molar-refractivity contribution is 5.46. The minimum absolute atomic E-state index is 0.0925. The lowest BCUT2D eigenvalue weighted by Gasteiger charge is -2.46. The van der Waals surface area contributed by atoms with Crippen molar-refractivity contribution in [1.29, 1.82) is 0 Å². The lowest BCUT2D eigenvalue weighted by molar-refractivity contribution is 0.104. The molecule has 1 aliphatic carbocycles. The summed E-state index contributed by atoms with van der Waals surface area (Å²) in [6.07, 6.45) is 3.63. The zero-order valence-corrected chi connectivity index (χ0v) is 12.1. The van der Waals surface area contributed by atoms with Crippen LogP contribution in [0.3, 0.4) is 0 Å². The topological polar surface area (TPSA) is 52.0 Å². The summed E-state index contributed by atoms with van der Waals surface area (Å²) in [6, 6.07) is 2.35. The van der Waals surface area contributed by atoms with E-state index in [0.29, 0.717) is 6.54 Å². The second kappa shape index (κ2) is 4.67. The minimum Gasteiger partial charge on any atom is -0.330 e. The fourth-order valence-corrected chi connectivity index (χ4v) is 3.29. The van der Waals surface area contributed by atoms with Crippen molar-refractivity contribution >= 4 is 0 Å². The smallest absolute Gasteiger partial charge is 0.0369 e. The van der Waals surface area contributed by atoms with Crippen molar-refractivity contribution in [3.8, 4) is 0 Å². The van der Waals surface area contributed by atoms with E-state index in [0.717, 1.165) is 0 Å². The van der Waals surface area contributed by atoms with Crippen LogP contribution in [-0.2, 0) is 0 Å². The Morgan fingerprint density at radius 2 is 1.61 bits per heavy atom. The van der Waals surface area contributed by atoms with Crippen LogP contribution in [0.25, 0.3) is 0 Å². The zero-order valence-electron chi connectivity index (χ0n) is 12.1. The summed E-state index contributed by atoms with van der Waals surface area (Å²) in [5.74, 6) is 0. The highest BCUT2D eigenvalue weighted by Gasteiger charge is 2.42. The summed E-state index contributed by atoms with van der Waals surface area (Å²) in [4.78, 5) is 0. The van der Waals surface area contributed by atoms with E-state index in [2.05, 4.69) is 33.8 Å². The molecule has 1 aromatic rings. The molecule has 0 amide bonds. The third-order valence-corrected chi connectivity index (χ3v) is 5.15. The standard InChI is InChI=1S/C16H26N2/c1-10-8-11(2)13(4)14(12(10)3)15(18)16(9-17)6-5-7-16/h8,15H,5-7,9,17-18H2,1-4H3. The first-order valence-corrected chi connectivity index (χ1v) is 6.96. The van der Waals surface area contributed by atoms with E-state index in [9.17, 15) is 0 Å². The maximum atomic E-state index is 6.61. The molecule has 0 bridgehead atoms. The van der Waals surface area contributed by atoms with Crippen LogP contribution in [0.5, 0.6) is 0 Å². The van der Waals surface area contributed by atoms with Crippen LogP contribution in [0.1, 0.15) is 53.1 Å². The Hall–Kier alpha value is -0.860. The van der Waals surface area contributed by atoms with Crippen molar-refractivity contribution in [3.05, 3.63) is 33.9 Å². The molecule has 1 aromatic carbocycles. The molecule has 2 nitrogen and oxygen atoms in total. The van der Waals surface area contributed by atoms with E-state index < -0.39 is 0 Å². The van der Waals surface area contributed by atoms with Gasteiger partial charge in [-0.3, -0.25) is 0 Å². The number of rotatable bonds is 3. The van der Waals surface area contributed by atoms with Crippen LogP contribution in [0.2, 0.25) is 0 Å². The number of aryl methyl sites for hydroxylation is 2. The summed E-state index contributed by atoms with van der Waals surface area (Å²) in [6.45, 7) is 9.45. The average Bonchev–Trinajstić information content (AvgIpc) is 2.26. The van der Waals surface area contributed by atoms with Crippen LogP contribution in [-0.4, -0.2) is 6.54 Å². The van der Waals surface area contributed by atoms with Crippen molar-refractivity contribution in [1.82, 2.24) is 0 Å². The molecule has 0 aliphatic heterocycles. The van der Waals surface area contributed by atoms with Gasteiger partial charge in [0.15, 0.2) is 0 Å². The Morgan fingerprint density at radius 3 is 1.94 bits per heavy atom. The molecule has 0 heterocycles. The first-order valence-electron chi connectivity index (χ1n) is 6.96. The Kier molecular flexibility index (Phi) is 3.52. The Labute approximate surface area is 111 Å². The molecule has 18 heavy (non-hydrogen) atoms. The average molecular weight is 246 g/mol. The van der Waals surface area contributed by atoms with E-state index in [-0.39, 0.29) is 11.5 Å². The molecule has 1 unspecified atom stereocenters. The van der Waals surface area contributed by atoms with Crippen LogP contribution < -0.4 is 11.5 Å². The van der Waals surface area contributed by atoms with E-state index in [1.54, 1.807) is 0 Å². The molecule has 2 heteroatoms. The highest BCUT2D eigenvalue weighted by atomic mass is 14.8. The van der Waals surface area contributed by atoms with Crippen molar-refractivity contribution < 1.29 is 0 Å². The van der Waals surface area contributed by atoms with Gasteiger partial charge in [-0.2, -0.15) is 0 Å². The first-order chi connectivity index (χ1) is 8.43. The van der Waals surface area contributed by atoms with E-state index in [1.165, 1.54) is 47.1 Å². The maximum Gasteiger partial charge on any atom is 0.0369 e. The summed E-state index contributed by atoms with van der Waals surface area (Å²) < 4.78 is 0. The van der Waals surface area contributed by atoms with Gasteiger partial charge in [-0.25, -0.2) is 0 Å². The van der Waals surface area contributed by atoms with Gasteiger partial charge in [-0.1, -0.05) is 12.5 Å². The minimum atomic E-state index is 0.0925. The molecular formula is C16H26N2. The number of hydrogen-bond acceptors (Lipinski definition) is 2. The molecule has 1 aliphatic rings. The normalized spacial score (nSPS) is 19.4. The summed E-state index contributed by atoms with van der Waals surface area (Å²) >= 11 is 0. The molecule has 1 atom stereocenters. The highest BCUT2D eigenvalue weighted by Crippen LogP contribution is 2.49. The van der Waals surface area contributed by atoms with Crippen LogP contribution in [0, 0.1) is 33.1 Å². The molecule has 0 aromatic heterocycles. The van der Waals surface area contributed by atoms with Gasteiger partial charge in [-0.15, -0.1) is 0 Å². The first kappa shape index (κ1) is 13.6. The Bertz CT molecular complexity index is 427. The fraction of sp³-hybridized carbons (Fsp3) is 0.625. The van der Waals surface area contributed by atoms with Crippen LogP contribution in [0.15, 0.2) is 6.07 Å². The second-order valence-corrected chi connectivity index (χ2v) is 6.07. The van der Waals surface area contributed by atoms with Crippen LogP contribution >= 0.6 is 0 Å². The molecule has 0 spiro atoms. The molecule has 0 saturated heterocycles. The van der Waals surface area contributed by atoms with Gasteiger partial charge in [0.25, 0.3) is 0 Å². The van der Waals surface area contributed by atoms with Crippen molar-refractivity contribution in [2.24, 2.45) is 16.9 Å². The number of nitrogens with two attached hydrogens (primary N) is 2. The Balaban J connectivity index is 2.50. The van der Waals surface area contributed by atoms with E-state index in [4.69, 9.17) is 11.5 Å². The van der Waals surface area contributed by atoms with E-state index >= 15 is 0 Å². The predicted molar refractivity (Wildman–Crippen MR) is 77.7 cm³/mol. The summed E-state index contributed by atoms with van der Waals surface area (Å²) in [5, 5.41) is 0. The summed E-state index contributed by atoms with van der Waals surface area (Å²) in [5.41, 5.74) is 19.5. The second-order valence-electron chi connectivity index (χ2n) is 6.07. The Morgan fingerprint density at radius 1 is 1.11 bits per heavy atom. The largest absolute Gasteiger partial charge is 0.330 e. The van der Waals surface area contributed by atoms with Gasteiger partial charge in [-0.05, 0) is 74.9 Å². The molecule has 0 radical (unpaired) electrons. The number of benzene rings is 1. The predicted octanol–water partition coefficient (Wildman–Crippen LogP) is 3.05. The molecule has 1 fully saturated rings. The van der Waals surface area contributed by atoms with Gasteiger partial charge in [0.2, 0.25) is 0 Å². The molecule has 2 rings (SSSR count). The zero-order chi connectivity index (χ0) is 13.5. The SMILES string of the molecule is Cc1cc(C)c(C)c(C(N)C2(CN)CCC2)c1C. The number of hydrogen-bond donors (Lipinski definition) is 2. The van der Waals surface area contributed by atoms with Crippen molar-refractivity contribution in [2.75, 3.05) is 6.54 Å². The lowest BCUT2D eigenvalue weighted by atomic mass is 9.61. The lowest BCUT2D eigenvalue weighted by Crippen LogP contribution is -2.46. The van der Waals surface area contributed by atoms with Gasteiger partial charge >= 0.3 is 0 Å². The summed E-state index contributed by atoms with van der Waals surface area (Å²) in [7, 11) is 0. The molecule has 4 N–H and O–H groups in total. The quantitative estimate of drug-likeness (QED) is 0.861. The van der Waals surface area contributed by atoms with Crippen LogP contribution in [0.4, 0.5) is 0 Å². The fourth-order valence-electron chi connectivity index (χ4n) is 3.29. The molecule has 100 valence electrons. The maximum absolute atomic E-state index is 6.61. The van der Waals surface area contributed by atoms with E-state index in [1.807, 2.05) is 0 Å². The van der Waals surface area contributed by atoms with Crippen molar-refractivity contribution in [2.45, 2.75) is 53.0 Å². The van der Waals surface area contributed by atoms with Gasteiger partial charge in [0, 0.05) is 11.5 Å². The van der Waals surface area contributed by atoms with Gasteiger partial charge < -0.3 is 11.5 Å². The van der Waals surface area contributed by atoms with Gasteiger partial charge in [0.1, 0.15) is 0 Å². The monoisotopic (exact) mass is 246 g/mol. The van der Waals surface area contributed by atoms with Crippen molar-refractivity contribution in [3.63, 3.8) is 0 Å². The molecule has 1 saturated carbocycles. The third-order valence-electron chi connectivity index (χ3n) is 5.15. The van der Waals surface area contributed by atoms with Gasteiger partial charge in [0.05, 0.1) is 0 Å². The molecular weight excluding hydrogens is 220 g/mol.